The summed E-state index contributed by atoms with van der Waals surface area (Å²) < 4.78 is 29.7. The minimum Gasteiger partial charge on any atom is -0.492 e. The lowest BCUT2D eigenvalue weighted by Gasteiger charge is -2.11. The SMILES string of the molecule is NC(=NCCOc1ccc(F)c(Cl)c1)Nc1ccc2c(c1)OCCCO2. The molecule has 0 unspecified atom stereocenters. The molecule has 0 fully saturated rings. The molecule has 0 aromatic heterocycles. The molecule has 3 N–H and O–H groups in total. The molecule has 1 aliphatic heterocycles. The van der Waals surface area contributed by atoms with Crippen molar-refractivity contribution in [2.24, 2.45) is 10.7 Å². The number of nitrogens with zero attached hydrogens (tertiary/aromatic N) is 1. The minimum atomic E-state index is -0.486. The summed E-state index contributed by atoms with van der Waals surface area (Å²) >= 11 is 5.70. The molecular formula is C18H19ClFN3O3. The van der Waals surface area contributed by atoms with E-state index in [1.54, 1.807) is 0 Å². The van der Waals surface area contributed by atoms with Crippen molar-refractivity contribution in [1.29, 1.82) is 0 Å². The molecule has 2 aromatic rings. The lowest BCUT2D eigenvalue weighted by molar-refractivity contribution is 0.297. The van der Waals surface area contributed by atoms with Crippen molar-refractivity contribution in [3.05, 3.63) is 47.2 Å². The molecule has 1 aliphatic rings. The molecule has 26 heavy (non-hydrogen) atoms. The number of benzene rings is 2. The number of hydrogen-bond acceptors (Lipinski definition) is 4. The summed E-state index contributed by atoms with van der Waals surface area (Å²) in [6.45, 7) is 1.87. The number of hydrogen-bond donors (Lipinski definition) is 2. The monoisotopic (exact) mass is 379 g/mol. The Balaban J connectivity index is 1.50. The Morgan fingerprint density at radius 3 is 2.81 bits per heavy atom. The first-order valence-electron chi connectivity index (χ1n) is 8.16. The molecule has 138 valence electrons. The summed E-state index contributed by atoms with van der Waals surface area (Å²) in [5.74, 6) is 1.63. The van der Waals surface area contributed by atoms with Gasteiger partial charge in [-0.15, -0.1) is 0 Å². The number of rotatable bonds is 5. The molecule has 3 rings (SSSR count). The predicted molar refractivity (Wildman–Crippen MR) is 99.1 cm³/mol. The first kappa shape index (κ1) is 18.1. The predicted octanol–water partition coefficient (Wildman–Crippen LogP) is 3.45. The summed E-state index contributed by atoms with van der Waals surface area (Å²) in [6, 6.07) is 9.66. The summed E-state index contributed by atoms with van der Waals surface area (Å²) in [4.78, 5) is 4.18. The van der Waals surface area contributed by atoms with Crippen LogP contribution in [0, 0.1) is 5.82 Å². The van der Waals surface area contributed by atoms with Gasteiger partial charge in [0.2, 0.25) is 0 Å². The quantitative estimate of drug-likeness (QED) is 0.472. The number of nitrogens with two attached hydrogens (primary N) is 1. The van der Waals surface area contributed by atoms with Crippen molar-refractivity contribution in [2.75, 3.05) is 31.7 Å². The molecule has 0 radical (unpaired) electrons. The smallest absolute Gasteiger partial charge is 0.193 e. The lowest BCUT2D eigenvalue weighted by Crippen LogP contribution is -2.23. The minimum absolute atomic E-state index is 0.0154. The van der Waals surface area contributed by atoms with Crippen LogP contribution >= 0.6 is 11.6 Å². The van der Waals surface area contributed by atoms with Crippen molar-refractivity contribution in [2.45, 2.75) is 6.42 Å². The van der Waals surface area contributed by atoms with E-state index in [0.29, 0.717) is 31.3 Å². The first-order valence-corrected chi connectivity index (χ1v) is 8.54. The van der Waals surface area contributed by atoms with Crippen LogP contribution in [0.15, 0.2) is 41.4 Å². The Hall–Kier alpha value is -2.67. The average Bonchev–Trinajstić information content (AvgIpc) is 2.86. The van der Waals surface area contributed by atoms with Gasteiger partial charge < -0.3 is 25.3 Å². The Kier molecular flexibility index (Phi) is 6.01. The van der Waals surface area contributed by atoms with Crippen LogP contribution in [0.5, 0.6) is 17.2 Å². The third kappa shape index (κ3) is 4.92. The van der Waals surface area contributed by atoms with Crippen LogP contribution in [0.25, 0.3) is 0 Å². The molecule has 0 bridgehead atoms. The second-order valence-corrected chi connectivity index (χ2v) is 5.94. The number of anilines is 1. The molecule has 0 spiro atoms. The van der Waals surface area contributed by atoms with Gasteiger partial charge in [0, 0.05) is 24.2 Å². The van der Waals surface area contributed by atoms with Gasteiger partial charge in [0.05, 0.1) is 24.8 Å². The number of fused-ring (bicyclic) bond motifs is 1. The summed E-state index contributed by atoms with van der Waals surface area (Å²) in [5, 5.41) is 3.01. The molecule has 1 heterocycles. The van der Waals surface area contributed by atoms with Crippen molar-refractivity contribution < 1.29 is 18.6 Å². The third-order valence-corrected chi connectivity index (χ3v) is 3.84. The Morgan fingerprint density at radius 1 is 1.19 bits per heavy atom. The van der Waals surface area contributed by atoms with Gasteiger partial charge in [-0.25, -0.2) is 9.38 Å². The van der Waals surface area contributed by atoms with Crippen molar-refractivity contribution in [3.8, 4) is 17.2 Å². The molecule has 0 aliphatic carbocycles. The number of ether oxygens (including phenoxy) is 3. The van der Waals surface area contributed by atoms with E-state index in [2.05, 4.69) is 10.3 Å². The van der Waals surface area contributed by atoms with Crippen LogP contribution in [0.2, 0.25) is 5.02 Å². The van der Waals surface area contributed by atoms with Crippen LogP contribution in [-0.2, 0) is 0 Å². The molecule has 0 amide bonds. The molecular weight excluding hydrogens is 361 g/mol. The van der Waals surface area contributed by atoms with Gasteiger partial charge in [-0.2, -0.15) is 0 Å². The van der Waals surface area contributed by atoms with E-state index in [1.165, 1.54) is 18.2 Å². The van der Waals surface area contributed by atoms with Crippen molar-refractivity contribution in [1.82, 2.24) is 0 Å². The van der Waals surface area contributed by atoms with Gasteiger partial charge in [0.25, 0.3) is 0 Å². The molecule has 0 saturated carbocycles. The normalized spacial score (nSPS) is 13.8. The van der Waals surface area contributed by atoms with Gasteiger partial charge in [0.15, 0.2) is 17.5 Å². The topological polar surface area (TPSA) is 78.1 Å². The second-order valence-electron chi connectivity index (χ2n) is 5.53. The van der Waals surface area contributed by atoms with Crippen LogP contribution < -0.4 is 25.3 Å². The van der Waals surface area contributed by atoms with E-state index in [0.717, 1.165) is 17.9 Å². The summed E-state index contributed by atoms with van der Waals surface area (Å²) in [7, 11) is 0. The fourth-order valence-electron chi connectivity index (χ4n) is 2.32. The highest BCUT2D eigenvalue weighted by molar-refractivity contribution is 6.30. The fourth-order valence-corrected chi connectivity index (χ4v) is 2.50. The van der Waals surface area contributed by atoms with Crippen LogP contribution in [0.4, 0.5) is 10.1 Å². The Morgan fingerprint density at radius 2 is 2.00 bits per heavy atom. The maximum absolute atomic E-state index is 13.1. The van der Waals surface area contributed by atoms with Crippen molar-refractivity contribution >= 4 is 23.2 Å². The van der Waals surface area contributed by atoms with E-state index in [9.17, 15) is 4.39 Å². The standard InChI is InChI=1S/C18H19ClFN3O3/c19-14-11-13(3-4-15(14)20)24-9-6-22-18(21)23-12-2-5-16-17(10-12)26-8-1-7-25-16/h2-5,10-11H,1,6-9H2,(H3,21,22,23). The van der Waals surface area contributed by atoms with Gasteiger partial charge in [-0.1, -0.05) is 11.6 Å². The second kappa shape index (κ2) is 8.62. The van der Waals surface area contributed by atoms with Gasteiger partial charge in [-0.05, 0) is 24.3 Å². The number of aliphatic imine (C=N–C) groups is 1. The fraction of sp³-hybridized carbons (Fsp3) is 0.278. The van der Waals surface area contributed by atoms with Gasteiger partial charge in [0.1, 0.15) is 18.2 Å². The van der Waals surface area contributed by atoms with Crippen molar-refractivity contribution in [3.63, 3.8) is 0 Å². The van der Waals surface area contributed by atoms with Crippen LogP contribution in [0.3, 0.4) is 0 Å². The summed E-state index contributed by atoms with van der Waals surface area (Å²) in [6.07, 6.45) is 0.848. The van der Waals surface area contributed by atoms with Crippen LogP contribution in [0.1, 0.15) is 6.42 Å². The zero-order valence-corrected chi connectivity index (χ0v) is 14.8. The maximum atomic E-state index is 13.1. The zero-order valence-electron chi connectivity index (χ0n) is 14.0. The van der Waals surface area contributed by atoms with E-state index in [1.807, 2.05) is 18.2 Å². The highest BCUT2D eigenvalue weighted by atomic mass is 35.5. The number of halogens is 2. The average molecular weight is 380 g/mol. The van der Waals surface area contributed by atoms with E-state index in [4.69, 9.17) is 31.5 Å². The van der Waals surface area contributed by atoms with E-state index in [-0.39, 0.29) is 17.6 Å². The molecule has 2 aromatic carbocycles. The molecule has 0 atom stereocenters. The largest absolute Gasteiger partial charge is 0.492 e. The maximum Gasteiger partial charge on any atom is 0.193 e. The van der Waals surface area contributed by atoms with Gasteiger partial charge in [-0.3, -0.25) is 0 Å². The molecule has 6 nitrogen and oxygen atoms in total. The highest BCUT2D eigenvalue weighted by Crippen LogP contribution is 2.32. The van der Waals surface area contributed by atoms with Crippen LogP contribution in [-0.4, -0.2) is 32.3 Å². The van der Waals surface area contributed by atoms with E-state index >= 15 is 0 Å². The Bertz CT molecular complexity index is 801. The van der Waals surface area contributed by atoms with E-state index < -0.39 is 5.82 Å². The first-order chi connectivity index (χ1) is 12.6. The lowest BCUT2D eigenvalue weighted by atomic mass is 10.3. The Labute approximate surface area is 155 Å². The molecule has 8 heteroatoms. The highest BCUT2D eigenvalue weighted by Gasteiger charge is 2.10. The molecule has 0 saturated heterocycles. The summed E-state index contributed by atoms with van der Waals surface area (Å²) in [5.41, 5.74) is 6.63. The van der Waals surface area contributed by atoms with Gasteiger partial charge >= 0.3 is 0 Å². The zero-order chi connectivity index (χ0) is 18.4. The third-order valence-electron chi connectivity index (χ3n) is 3.55. The number of guanidine groups is 1. The number of nitrogens with one attached hydrogen (secondary N) is 1.